The molecular formula is C13H14N2O4S. The van der Waals surface area contributed by atoms with E-state index in [9.17, 15) is 13.2 Å². The van der Waals surface area contributed by atoms with Crippen LogP contribution in [0, 0.1) is 13.8 Å². The molecule has 20 heavy (non-hydrogen) atoms. The molecule has 3 N–H and O–H groups in total. The fourth-order valence-electron chi connectivity index (χ4n) is 1.67. The minimum Gasteiger partial charge on any atom is -0.477 e. The maximum absolute atomic E-state index is 12.1. The maximum Gasteiger partial charge on any atom is 0.352 e. The minimum absolute atomic E-state index is 0.117. The first kappa shape index (κ1) is 14.1. The Balaban J connectivity index is 2.30. The molecule has 7 heteroatoms. The summed E-state index contributed by atoms with van der Waals surface area (Å²) in [5.74, 6) is -1.21. The van der Waals surface area contributed by atoms with Gasteiger partial charge in [-0.25, -0.2) is 13.2 Å². The largest absolute Gasteiger partial charge is 0.477 e. The molecule has 1 aromatic heterocycles. The number of aryl methyl sites for hydroxylation is 2. The number of H-pyrrole nitrogens is 1. The van der Waals surface area contributed by atoms with Gasteiger partial charge in [-0.3, -0.25) is 4.72 Å². The van der Waals surface area contributed by atoms with Crippen LogP contribution in [0.25, 0.3) is 0 Å². The standard InChI is InChI=1S/C13H14N2O4S/c1-8-3-4-10(5-9(8)2)15-20(18,19)11-6-12(13(16)17)14-7-11/h3-7,14-15H,1-2H3,(H,16,17). The van der Waals surface area contributed by atoms with Crippen LogP contribution in [0.15, 0.2) is 35.4 Å². The van der Waals surface area contributed by atoms with Gasteiger partial charge in [-0.2, -0.15) is 0 Å². The van der Waals surface area contributed by atoms with E-state index in [1.54, 1.807) is 12.1 Å². The number of rotatable bonds is 4. The number of sulfonamides is 1. The molecular weight excluding hydrogens is 280 g/mol. The fraction of sp³-hybridized carbons (Fsp3) is 0.154. The molecule has 0 amide bonds. The van der Waals surface area contributed by atoms with Crippen molar-refractivity contribution in [1.29, 1.82) is 0 Å². The molecule has 0 radical (unpaired) electrons. The van der Waals surface area contributed by atoms with Crippen molar-refractivity contribution in [3.8, 4) is 0 Å². The molecule has 0 bridgehead atoms. The molecule has 0 saturated heterocycles. The monoisotopic (exact) mass is 294 g/mol. The number of aromatic nitrogens is 1. The van der Waals surface area contributed by atoms with Gasteiger partial charge in [-0.05, 0) is 43.2 Å². The van der Waals surface area contributed by atoms with Gasteiger partial charge in [0.2, 0.25) is 0 Å². The third-order valence-corrected chi connectivity index (χ3v) is 4.32. The number of aromatic carboxylic acids is 1. The number of hydrogen-bond donors (Lipinski definition) is 3. The van der Waals surface area contributed by atoms with E-state index in [4.69, 9.17) is 5.11 Å². The molecule has 6 nitrogen and oxygen atoms in total. The minimum atomic E-state index is -3.80. The summed E-state index contributed by atoms with van der Waals surface area (Å²) in [5.41, 5.74) is 2.28. The molecule has 1 aromatic carbocycles. The van der Waals surface area contributed by atoms with Gasteiger partial charge >= 0.3 is 5.97 Å². The van der Waals surface area contributed by atoms with Crippen LogP contribution in [0.3, 0.4) is 0 Å². The summed E-state index contributed by atoms with van der Waals surface area (Å²) in [6.07, 6.45) is 1.15. The maximum atomic E-state index is 12.1. The first-order valence-corrected chi connectivity index (χ1v) is 7.30. The summed E-state index contributed by atoms with van der Waals surface area (Å²) in [6, 6.07) is 6.26. The van der Waals surface area contributed by atoms with Crippen molar-refractivity contribution < 1.29 is 18.3 Å². The average molecular weight is 294 g/mol. The Kier molecular flexibility index (Phi) is 3.54. The second-order valence-corrected chi connectivity index (χ2v) is 6.14. The molecule has 0 fully saturated rings. The van der Waals surface area contributed by atoms with Crippen LogP contribution in [0.4, 0.5) is 5.69 Å². The zero-order valence-electron chi connectivity index (χ0n) is 11.0. The summed E-state index contributed by atoms with van der Waals surface area (Å²) in [6.45, 7) is 3.81. The Hall–Kier alpha value is -2.28. The molecule has 2 aromatic rings. The molecule has 0 atom stereocenters. The molecule has 0 saturated carbocycles. The van der Waals surface area contributed by atoms with Crippen LogP contribution in [0.1, 0.15) is 21.6 Å². The summed E-state index contributed by atoms with van der Waals surface area (Å²) in [5, 5.41) is 8.77. The second kappa shape index (κ2) is 5.01. The van der Waals surface area contributed by atoms with Crippen LogP contribution in [-0.2, 0) is 10.0 Å². The fourth-order valence-corrected chi connectivity index (χ4v) is 2.71. The van der Waals surface area contributed by atoms with Crippen molar-refractivity contribution in [2.45, 2.75) is 18.7 Å². The van der Waals surface area contributed by atoms with E-state index in [0.29, 0.717) is 5.69 Å². The van der Waals surface area contributed by atoms with Crippen molar-refractivity contribution >= 4 is 21.7 Å². The zero-order valence-corrected chi connectivity index (χ0v) is 11.8. The Morgan fingerprint density at radius 2 is 1.90 bits per heavy atom. The van der Waals surface area contributed by atoms with Gasteiger partial charge in [-0.15, -0.1) is 0 Å². The van der Waals surface area contributed by atoms with Crippen molar-refractivity contribution in [3.05, 3.63) is 47.3 Å². The molecule has 106 valence electrons. The lowest BCUT2D eigenvalue weighted by atomic mass is 10.1. The number of nitrogens with one attached hydrogen (secondary N) is 2. The number of hydrogen-bond acceptors (Lipinski definition) is 3. The molecule has 0 unspecified atom stereocenters. The topological polar surface area (TPSA) is 99.3 Å². The number of aromatic amines is 1. The number of benzene rings is 1. The lowest BCUT2D eigenvalue weighted by Crippen LogP contribution is -2.12. The van der Waals surface area contributed by atoms with Gasteiger partial charge in [0.15, 0.2) is 0 Å². The first-order chi connectivity index (χ1) is 9.29. The quantitative estimate of drug-likeness (QED) is 0.804. The average Bonchev–Trinajstić information content (AvgIpc) is 2.84. The SMILES string of the molecule is Cc1ccc(NS(=O)(=O)c2c[nH]c(C(=O)O)c2)cc1C. The van der Waals surface area contributed by atoms with Crippen molar-refractivity contribution in [2.75, 3.05) is 4.72 Å². The van der Waals surface area contributed by atoms with E-state index in [-0.39, 0.29) is 10.6 Å². The molecule has 1 heterocycles. The highest BCUT2D eigenvalue weighted by atomic mass is 32.2. The Labute approximate surface area is 116 Å². The Bertz CT molecular complexity index is 762. The predicted molar refractivity (Wildman–Crippen MR) is 74.5 cm³/mol. The van der Waals surface area contributed by atoms with Crippen LogP contribution in [0.5, 0.6) is 0 Å². The third-order valence-electron chi connectivity index (χ3n) is 2.96. The first-order valence-electron chi connectivity index (χ1n) is 5.81. The highest BCUT2D eigenvalue weighted by Crippen LogP contribution is 2.19. The normalized spacial score (nSPS) is 11.3. The third kappa shape index (κ3) is 2.83. The number of carbonyl (C=O) groups is 1. The zero-order chi connectivity index (χ0) is 14.9. The molecule has 0 aliphatic rings. The van der Waals surface area contributed by atoms with Gasteiger partial charge in [0.1, 0.15) is 10.6 Å². The summed E-state index contributed by atoms with van der Waals surface area (Å²) in [4.78, 5) is 13.0. The van der Waals surface area contributed by atoms with Crippen molar-refractivity contribution in [1.82, 2.24) is 4.98 Å². The van der Waals surface area contributed by atoms with Crippen molar-refractivity contribution in [2.24, 2.45) is 0 Å². The van der Waals surface area contributed by atoms with E-state index < -0.39 is 16.0 Å². The van der Waals surface area contributed by atoms with Gasteiger partial charge in [0.25, 0.3) is 10.0 Å². The predicted octanol–water partition coefficient (Wildman–Crippen LogP) is 2.13. The van der Waals surface area contributed by atoms with E-state index in [0.717, 1.165) is 23.4 Å². The van der Waals surface area contributed by atoms with Gasteiger partial charge in [0.05, 0.1) is 0 Å². The lowest BCUT2D eigenvalue weighted by Gasteiger charge is -2.08. The van der Waals surface area contributed by atoms with Crippen LogP contribution < -0.4 is 4.72 Å². The lowest BCUT2D eigenvalue weighted by molar-refractivity contribution is 0.0691. The molecule has 2 rings (SSSR count). The van der Waals surface area contributed by atoms with Gasteiger partial charge in [-0.1, -0.05) is 6.07 Å². The van der Waals surface area contributed by atoms with Crippen molar-refractivity contribution in [3.63, 3.8) is 0 Å². The van der Waals surface area contributed by atoms with Crippen LogP contribution in [-0.4, -0.2) is 24.5 Å². The number of carboxylic acid groups (broad SMARTS) is 1. The van der Waals surface area contributed by atoms with Crippen LogP contribution >= 0.6 is 0 Å². The van der Waals surface area contributed by atoms with Gasteiger partial charge in [0, 0.05) is 11.9 Å². The smallest absolute Gasteiger partial charge is 0.352 e. The molecule has 0 aliphatic heterocycles. The van der Waals surface area contributed by atoms with E-state index in [1.807, 2.05) is 19.9 Å². The number of carboxylic acids is 1. The van der Waals surface area contributed by atoms with E-state index >= 15 is 0 Å². The van der Waals surface area contributed by atoms with Crippen LogP contribution in [0.2, 0.25) is 0 Å². The van der Waals surface area contributed by atoms with Gasteiger partial charge < -0.3 is 10.1 Å². The summed E-state index contributed by atoms with van der Waals surface area (Å²) in [7, 11) is -3.80. The molecule has 0 aliphatic carbocycles. The highest BCUT2D eigenvalue weighted by molar-refractivity contribution is 7.92. The second-order valence-electron chi connectivity index (χ2n) is 4.46. The molecule has 0 spiro atoms. The number of anilines is 1. The summed E-state index contributed by atoms with van der Waals surface area (Å²) < 4.78 is 26.6. The summed E-state index contributed by atoms with van der Waals surface area (Å²) >= 11 is 0. The van der Waals surface area contributed by atoms with E-state index in [1.165, 1.54) is 0 Å². The highest BCUT2D eigenvalue weighted by Gasteiger charge is 2.18. The Morgan fingerprint density at radius 3 is 2.45 bits per heavy atom. The Morgan fingerprint density at radius 1 is 1.20 bits per heavy atom. The van der Waals surface area contributed by atoms with E-state index in [2.05, 4.69) is 9.71 Å².